The Morgan fingerprint density at radius 1 is 1.15 bits per heavy atom. The Morgan fingerprint density at radius 3 is 2.30 bits per heavy atom. The molecule has 3 N–H and O–H groups in total. The van der Waals surface area contributed by atoms with Crippen molar-refractivity contribution in [3.8, 4) is 11.8 Å². The molecule has 0 bridgehead atoms. The number of methoxy groups -OCH3 is 1. The van der Waals surface area contributed by atoms with Crippen LogP contribution in [0.2, 0.25) is 0 Å². The molecule has 0 aromatic heterocycles. The molecular formula is C24H34ClN3O4S. The number of rotatable bonds is 12. The molecule has 7 nitrogen and oxygen atoms in total. The highest BCUT2D eigenvalue weighted by molar-refractivity contribution is 7.89. The first-order chi connectivity index (χ1) is 15.1. The van der Waals surface area contributed by atoms with Crippen molar-refractivity contribution >= 4 is 22.4 Å². The molecule has 9 heteroatoms. The fraction of sp³-hybridized carbons (Fsp3) is 0.458. The number of nitriles is 1. The molecule has 0 amide bonds. The standard InChI is InChI=1S/C24H33N3O4S.ClH/c1-24(2,14-7-15-25)18-27(32(29,30)21-12-10-20(31-3)11-13-21)17-23(28)22(26)16-19-8-5-4-6-9-19;/h4-6,8-13,22-23,28H,7,14,16-18,26H2,1-3H3;1H/t22-,23+;/m0./s1. The van der Waals surface area contributed by atoms with E-state index in [1.54, 1.807) is 12.1 Å². The smallest absolute Gasteiger partial charge is 0.243 e. The third kappa shape index (κ3) is 8.61. The van der Waals surface area contributed by atoms with Crippen LogP contribution in [-0.2, 0) is 16.4 Å². The van der Waals surface area contributed by atoms with Crippen molar-refractivity contribution < 1.29 is 18.3 Å². The lowest BCUT2D eigenvalue weighted by Crippen LogP contribution is -2.48. The molecule has 0 aliphatic carbocycles. The van der Waals surface area contributed by atoms with Gasteiger partial charge >= 0.3 is 0 Å². The van der Waals surface area contributed by atoms with Crippen LogP contribution in [0, 0.1) is 16.7 Å². The van der Waals surface area contributed by atoms with Crippen LogP contribution in [-0.4, -0.2) is 50.2 Å². The van der Waals surface area contributed by atoms with Gasteiger partial charge in [0.25, 0.3) is 0 Å². The first kappa shape index (κ1) is 28.9. The van der Waals surface area contributed by atoms with E-state index in [1.807, 2.05) is 44.2 Å². The summed E-state index contributed by atoms with van der Waals surface area (Å²) in [4.78, 5) is 0.109. The van der Waals surface area contributed by atoms with Crippen molar-refractivity contribution in [2.75, 3.05) is 20.2 Å². The molecule has 33 heavy (non-hydrogen) atoms. The van der Waals surface area contributed by atoms with Crippen LogP contribution in [0.5, 0.6) is 5.75 Å². The molecule has 0 unspecified atom stereocenters. The average molecular weight is 496 g/mol. The maximum atomic E-state index is 13.5. The van der Waals surface area contributed by atoms with Gasteiger partial charge in [0, 0.05) is 25.6 Å². The summed E-state index contributed by atoms with van der Waals surface area (Å²) in [5, 5.41) is 19.8. The first-order valence-electron chi connectivity index (χ1n) is 10.6. The van der Waals surface area contributed by atoms with Crippen molar-refractivity contribution in [2.24, 2.45) is 11.1 Å². The van der Waals surface area contributed by atoms with Gasteiger partial charge in [0.1, 0.15) is 5.75 Å². The van der Waals surface area contributed by atoms with Crippen LogP contribution in [0.3, 0.4) is 0 Å². The predicted octanol–water partition coefficient (Wildman–Crippen LogP) is 3.37. The van der Waals surface area contributed by atoms with E-state index in [0.29, 0.717) is 25.0 Å². The monoisotopic (exact) mass is 495 g/mol. The molecule has 2 aromatic rings. The number of nitrogens with zero attached hydrogens (tertiary/aromatic N) is 2. The molecule has 2 atom stereocenters. The number of nitrogens with two attached hydrogens (primary N) is 1. The van der Waals surface area contributed by atoms with Crippen LogP contribution in [0.1, 0.15) is 32.3 Å². The Hall–Kier alpha value is -2.15. The minimum atomic E-state index is -3.91. The molecule has 0 spiro atoms. The molecule has 0 radical (unpaired) electrons. The zero-order chi connectivity index (χ0) is 23.8. The zero-order valence-corrected chi connectivity index (χ0v) is 21.0. The molecule has 2 rings (SSSR count). The Balaban J connectivity index is 0.00000544. The molecule has 0 aliphatic heterocycles. The second kappa shape index (κ2) is 12.9. The fourth-order valence-corrected chi connectivity index (χ4v) is 5.11. The zero-order valence-electron chi connectivity index (χ0n) is 19.3. The van der Waals surface area contributed by atoms with E-state index in [2.05, 4.69) is 6.07 Å². The van der Waals surface area contributed by atoms with Gasteiger partial charge in [-0.2, -0.15) is 9.57 Å². The third-order valence-electron chi connectivity index (χ3n) is 5.41. The van der Waals surface area contributed by atoms with Gasteiger partial charge in [0.05, 0.1) is 24.2 Å². The SMILES string of the molecule is COc1ccc(S(=O)(=O)N(C[C@@H](O)[C@@H](N)Cc2ccccc2)CC(C)(C)CCC#N)cc1.Cl. The second-order valence-corrected chi connectivity index (χ2v) is 10.7. The molecule has 0 aliphatic rings. The molecule has 2 aromatic carbocycles. The molecule has 0 saturated heterocycles. The van der Waals surface area contributed by atoms with E-state index in [0.717, 1.165) is 5.56 Å². The quantitative estimate of drug-likeness (QED) is 0.466. The summed E-state index contributed by atoms with van der Waals surface area (Å²) in [6.45, 7) is 3.84. The van der Waals surface area contributed by atoms with E-state index in [1.165, 1.54) is 23.5 Å². The highest BCUT2D eigenvalue weighted by Gasteiger charge is 2.33. The number of ether oxygens (including phenoxy) is 1. The maximum Gasteiger partial charge on any atom is 0.243 e. The number of benzene rings is 2. The van der Waals surface area contributed by atoms with Crippen molar-refractivity contribution in [2.45, 2.75) is 50.2 Å². The van der Waals surface area contributed by atoms with E-state index >= 15 is 0 Å². The summed E-state index contributed by atoms with van der Waals surface area (Å²) in [5.74, 6) is 0.551. The molecule has 182 valence electrons. The van der Waals surface area contributed by atoms with Gasteiger partial charge in [0.15, 0.2) is 0 Å². The second-order valence-electron chi connectivity index (χ2n) is 8.72. The van der Waals surface area contributed by atoms with Gasteiger partial charge in [-0.1, -0.05) is 44.2 Å². The summed E-state index contributed by atoms with van der Waals surface area (Å²) in [7, 11) is -2.39. The van der Waals surface area contributed by atoms with E-state index < -0.39 is 27.6 Å². The Kier molecular flexibility index (Phi) is 11.3. The molecule has 0 saturated carbocycles. The topological polar surface area (TPSA) is 117 Å². The molecule has 0 heterocycles. The third-order valence-corrected chi connectivity index (χ3v) is 7.24. The van der Waals surface area contributed by atoms with Crippen LogP contribution in [0.15, 0.2) is 59.5 Å². The van der Waals surface area contributed by atoms with E-state index in [-0.39, 0.29) is 30.4 Å². The summed E-state index contributed by atoms with van der Waals surface area (Å²) >= 11 is 0. The van der Waals surface area contributed by atoms with Crippen LogP contribution < -0.4 is 10.5 Å². The van der Waals surface area contributed by atoms with Gasteiger partial charge in [-0.15, -0.1) is 12.4 Å². The summed E-state index contributed by atoms with van der Waals surface area (Å²) in [6, 6.07) is 17.2. The van der Waals surface area contributed by atoms with Crippen LogP contribution >= 0.6 is 12.4 Å². The summed E-state index contributed by atoms with van der Waals surface area (Å²) in [6.07, 6.45) is 0.218. The van der Waals surface area contributed by atoms with Crippen molar-refractivity contribution in [1.82, 2.24) is 4.31 Å². The summed E-state index contributed by atoms with van der Waals surface area (Å²) < 4.78 is 33.3. The Bertz CT molecular complexity index is 993. The normalized spacial score (nSPS) is 13.6. The first-order valence-corrected chi connectivity index (χ1v) is 12.0. The lowest BCUT2D eigenvalue weighted by Gasteiger charge is -2.34. The highest BCUT2D eigenvalue weighted by atomic mass is 35.5. The van der Waals surface area contributed by atoms with Gasteiger partial charge in [-0.25, -0.2) is 8.42 Å². The van der Waals surface area contributed by atoms with Crippen LogP contribution in [0.4, 0.5) is 0 Å². The van der Waals surface area contributed by atoms with Crippen molar-refractivity contribution in [3.63, 3.8) is 0 Å². The van der Waals surface area contributed by atoms with Gasteiger partial charge < -0.3 is 15.6 Å². The minimum absolute atomic E-state index is 0. The number of hydrogen-bond acceptors (Lipinski definition) is 6. The number of aliphatic hydroxyl groups is 1. The van der Waals surface area contributed by atoms with E-state index in [9.17, 15) is 13.5 Å². The number of aliphatic hydroxyl groups excluding tert-OH is 1. The molecular weight excluding hydrogens is 462 g/mol. The Labute approximate surface area is 203 Å². The van der Waals surface area contributed by atoms with E-state index in [4.69, 9.17) is 15.7 Å². The van der Waals surface area contributed by atoms with Gasteiger partial charge in [0.2, 0.25) is 10.0 Å². The Morgan fingerprint density at radius 2 is 1.76 bits per heavy atom. The van der Waals surface area contributed by atoms with Gasteiger partial charge in [-0.3, -0.25) is 0 Å². The van der Waals surface area contributed by atoms with Crippen molar-refractivity contribution in [3.05, 3.63) is 60.2 Å². The van der Waals surface area contributed by atoms with Crippen molar-refractivity contribution in [1.29, 1.82) is 5.26 Å². The minimum Gasteiger partial charge on any atom is -0.497 e. The number of sulfonamides is 1. The lowest BCUT2D eigenvalue weighted by atomic mass is 9.88. The lowest BCUT2D eigenvalue weighted by molar-refractivity contribution is 0.106. The largest absolute Gasteiger partial charge is 0.497 e. The number of halogens is 1. The molecule has 0 fully saturated rings. The maximum absolute atomic E-state index is 13.5. The van der Waals surface area contributed by atoms with Gasteiger partial charge in [-0.05, 0) is 48.1 Å². The highest BCUT2D eigenvalue weighted by Crippen LogP contribution is 2.28. The summed E-state index contributed by atoms with van der Waals surface area (Å²) in [5.41, 5.74) is 6.74. The fourth-order valence-electron chi connectivity index (χ4n) is 3.46. The van der Waals surface area contributed by atoms with Crippen LogP contribution in [0.25, 0.3) is 0 Å². The average Bonchev–Trinajstić information content (AvgIpc) is 2.77. The number of hydrogen-bond donors (Lipinski definition) is 2. The predicted molar refractivity (Wildman–Crippen MR) is 132 cm³/mol.